The van der Waals surface area contributed by atoms with Gasteiger partial charge < -0.3 is 24.1 Å². The summed E-state index contributed by atoms with van der Waals surface area (Å²) in [6.07, 6.45) is 2.50. The molecule has 2 aromatic rings. The van der Waals surface area contributed by atoms with Crippen LogP contribution < -0.4 is 0 Å². The van der Waals surface area contributed by atoms with Crippen LogP contribution in [0.1, 0.15) is 25.0 Å². The average Bonchev–Trinajstić information content (AvgIpc) is 2.72. The van der Waals surface area contributed by atoms with Crippen molar-refractivity contribution >= 4 is 0 Å². The molecule has 1 aliphatic rings. The smallest absolute Gasteiger partial charge is 0.164 e. The lowest BCUT2D eigenvalue weighted by atomic mass is 10.0. The molecule has 1 saturated heterocycles. The van der Waals surface area contributed by atoms with Crippen LogP contribution in [0.3, 0.4) is 0 Å². The van der Waals surface area contributed by atoms with E-state index in [4.69, 9.17) is 18.9 Å². The second-order valence-corrected chi connectivity index (χ2v) is 7.51. The van der Waals surface area contributed by atoms with Crippen molar-refractivity contribution < 1.29 is 24.1 Å². The minimum atomic E-state index is -0.780. The normalized spacial score (nSPS) is 24.0. The molecular formula is C24H30O5. The molecule has 1 fully saturated rings. The van der Waals surface area contributed by atoms with Gasteiger partial charge in [-0.25, -0.2) is 0 Å². The number of rotatable bonds is 9. The highest BCUT2D eigenvalue weighted by molar-refractivity contribution is 5.14. The van der Waals surface area contributed by atoms with Crippen LogP contribution in [-0.2, 0) is 32.2 Å². The number of aliphatic hydroxyl groups excluding tert-OH is 1. The number of benzene rings is 2. The Kier molecular flexibility index (Phi) is 7.98. The van der Waals surface area contributed by atoms with Crippen molar-refractivity contribution in [1.82, 2.24) is 0 Å². The summed E-state index contributed by atoms with van der Waals surface area (Å²) in [5.41, 5.74) is 2.18. The molecule has 0 bridgehead atoms. The number of hydrogen-bond acceptors (Lipinski definition) is 5. The standard InChI is InChI=1S/C24H30O5/c1-24(2)28-21(14-9-15-25)23(27-17-20-12-7-4-8-13-20)22(29-24)18-26-16-19-10-5-3-6-11-19/h3-14,21-23,25H,15-18H2,1-2H3/t21-,22-,23?/m1/s1. The molecule has 156 valence electrons. The first-order chi connectivity index (χ1) is 14.1. The summed E-state index contributed by atoms with van der Waals surface area (Å²) in [6.45, 7) is 5.03. The third kappa shape index (κ3) is 6.77. The highest BCUT2D eigenvalue weighted by Crippen LogP contribution is 2.30. The van der Waals surface area contributed by atoms with E-state index >= 15 is 0 Å². The monoisotopic (exact) mass is 398 g/mol. The molecule has 29 heavy (non-hydrogen) atoms. The van der Waals surface area contributed by atoms with Crippen LogP contribution in [0, 0.1) is 0 Å². The van der Waals surface area contributed by atoms with Gasteiger partial charge in [0.15, 0.2) is 5.79 Å². The van der Waals surface area contributed by atoms with Crippen molar-refractivity contribution in [1.29, 1.82) is 0 Å². The van der Waals surface area contributed by atoms with E-state index in [1.165, 1.54) is 0 Å². The molecule has 1 unspecified atom stereocenters. The number of aliphatic hydroxyl groups is 1. The van der Waals surface area contributed by atoms with Gasteiger partial charge in [-0.15, -0.1) is 0 Å². The number of ether oxygens (including phenoxy) is 4. The molecule has 0 saturated carbocycles. The van der Waals surface area contributed by atoms with Crippen molar-refractivity contribution in [2.45, 2.75) is 51.2 Å². The van der Waals surface area contributed by atoms with Crippen LogP contribution in [0.2, 0.25) is 0 Å². The minimum Gasteiger partial charge on any atom is -0.392 e. The fourth-order valence-corrected chi connectivity index (χ4v) is 3.37. The van der Waals surface area contributed by atoms with Gasteiger partial charge in [0.05, 0.1) is 26.4 Å². The third-order valence-corrected chi connectivity index (χ3v) is 4.66. The van der Waals surface area contributed by atoms with Crippen LogP contribution in [0.5, 0.6) is 0 Å². The molecule has 5 nitrogen and oxygen atoms in total. The fraction of sp³-hybridized carbons (Fsp3) is 0.417. The average molecular weight is 398 g/mol. The van der Waals surface area contributed by atoms with Crippen molar-refractivity contribution in [3.05, 3.63) is 83.9 Å². The maximum Gasteiger partial charge on any atom is 0.164 e. The van der Waals surface area contributed by atoms with Crippen LogP contribution >= 0.6 is 0 Å². The summed E-state index contributed by atoms with van der Waals surface area (Å²) in [4.78, 5) is 0. The SMILES string of the molecule is CC1(C)O[C@H](C=CCO)C(OCc2ccccc2)[C@@H](COCc2ccccc2)O1. The van der Waals surface area contributed by atoms with Gasteiger partial charge in [-0.3, -0.25) is 0 Å². The Morgan fingerprint density at radius 1 is 0.931 bits per heavy atom. The second-order valence-electron chi connectivity index (χ2n) is 7.51. The third-order valence-electron chi connectivity index (χ3n) is 4.66. The first kappa shape index (κ1) is 21.7. The van der Waals surface area contributed by atoms with Crippen molar-refractivity contribution in [2.75, 3.05) is 13.2 Å². The van der Waals surface area contributed by atoms with Crippen LogP contribution in [0.15, 0.2) is 72.8 Å². The molecule has 3 atom stereocenters. The second kappa shape index (κ2) is 10.7. The lowest BCUT2D eigenvalue weighted by Gasteiger charge is -2.44. The van der Waals surface area contributed by atoms with E-state index in [1.807, 2.05) is 80.6 Å². The molecule has 1 aliphatic heterocycles. The summed E-state index contributed by atoms with van der Waals surface area (Å²) in [6, 6.07) is 20.0. The van der Waals surface area contributed by atoms with Gasteiger partial charge in [-0.2, -0.15) is 0 Å². The molecule has 2 aromatic carbocycles. The molecule has 1 N–H and O–H groups in total. The van der Waals surface area contributed by atoms with Gasteiger partial charge in [-0.05, 0) is 25.0 Å². The van der Waals surface area contributed by atoms with Crippen LogP contribution in [-0.4, -0.2) is 42.4 Å². The van der Waals surface area contributed by atoms with Gasteiger partial charge in [-0.1, -0.05) is 72.8 Å². The van der Waals surface area contributed by atoms with Crippen molar-refractivity contribution in [3.63, 3.8) is 0 Å². The molecule has 0 amide bonds. The minimum absolute atomic E-state index is 0.0538. The molecule has 0 aromatic heterocycles. The molecule has 0 aliphatic carbocycles. The van der Waals surface area contributed by atoms with Gasteiger partial charge in [0.25, 0.3) is 0 Å². The molecule has 5 heteroatoms. The van der Waals surface area contributed by atoms with E-state index in [1.54, 1.807) is 6.08 Å². The summed E-state index contributed by atoms with van der Waals surface area (Å²) in [7, 11) is 0. The summed E-state index contributed by atoms with van der Waals surface area (Å²) in [5, 5.41) is 9.22. The van der Waals surface area contributed by atoms with Crippen molar-refractivity contribution in [2.24, 2.45) is 0 Å². The maximum atomic E-state index is 9.22. The highest BCUT2D eigenvalue weighted by atomic mass is 16.7. The van der Waals surface area contributed by atoms with Crippen molar-refractivity contribution in [3.8, 4) is 0 Å². The van der Waals surface area contributed by atoms with Crippen LogP contribution in [0.25, 0.3) is 0 Å². The number of hydrogen-bond donors (Lipinski definition) is 1. The van der Waals surface area contributed by atoms with E-state index in [0.29, 0.717) is 19.8 Å². The Hall–Kier alpha value is -2.02. The highest BCUT2D eigenvalue weighted by Gasteiger charge is 2.43. The fourth-order valence-electron chi connectivity index (χ4n) is 3.37. The van der Waals surface area contributed by atoms with Gasteiger partial charge in [0.2, 0.25) is 0 Å². The molecular weight excluding hydrogens is 368 g/mol. The molecule has 1 heterocycles. The predicted octanol–water partition coefficient (Wildman–Crippen LogP) is 3.86. The van der Waals surface area contributed by atoms with E-state index in [9.17, 15) is 5.11 Å². The van der Waals surface area contributed by atoms with E-state index < -0.39 is 5.79 Å². The quantitative estimate of drug-likeness (QED) is 0.650. The zero-order chi connectivity index (χ0) is 20.5. The van der Waals surface area contributed by atoms with Gasteiger partial charge >= 0.3 is 0 Å². The first-order valence-electron chi connectivity index (χ1n) is 9.98. The zero-order valence-corrected chi connectivity index (χ0v) is 17.1. The lowest BCUT2D eigenvalue weighted by Crippen LogP contribution is -2.56. The Bertz CT molecular complexity index is 744. The summed E-state index contributed by atoms with van der Waals surface area (Å²) >= 11 is 0. The van der Waals surface area contributed by atoms with Gasteiger partial charge in [0.1, 0.15) is 18.3 Å². The topological polar surface area (TPSA) is 57.2 Å². The maximum absolute atomic E-state index is 9.22. The van der Waals surface area contributed by atoms with E-state index in [-0.39, 0.29) is 24.9 Å². The van der Waals surface area contributed by atoms with E-state index in [0.717, 1.165) is 11.1 Å². The first-order valence-corrected chi connectivity index (χ1v) is 9.98. The van der Waals surface area contributed by atoms with Crippen LogP contribution in [0.4, 0.5) is 0 Å². The zero-order valence-electron chi connectivity index (χ0n) is 17.1. The Morgan fingerprint density at radius 2 is 1.55 bits per heavy atom. The Labute approximate surface area is 172 Å². The molecule has 3 rings (SSSR count). The Balaban J connectivity index is 1.69. The van der Waals surface area contributed by atoms with E-state index in [2.05, 4.69) is 0 Å². The lowest BCUT2D eigenvalue weighted by molar-refractivity contribution is -0.336. The largest absolute Gasteiger partial charge is 0.392 e. The van der Waals surface area contributed by atoms with Gasteiger partial charge in [0, 0.05) is 0 Å². The molecule has 0 radical (unpaired) electrons. The Morgan fingerprint density at radius 3 is 2.17 bits per heavy atom. The predicted molar refractivity (Wildman–Crippen MR) is 111 cm³/mol. The summed E-state index contributed by atoms with van der Waals surface area (Å²) < 4.78 is 24.4. The summed E-state index contributed by atoms with van der Waals surface area (Å²) in [5.74, 6) is -0.780. The molecule has 0 spiro atoms.